The van der Waals surface area contributed by atoms with Gasteiger partial charge in [-0.25, -0.2) is 0 Å². The minimum absolute atomic E-state index is 0.0500. The maximum Gasteiger partial charge on any atom is 0.224 e. The number of hydrogen-bond acceptors (Lipinski definition) is 5. The first-order valence-corrected chi connectivity index (χ1v) is 12.1. The van der Waals surface area contributed by atoms with Crippen LogP contribution in [-0.2, 0) is 4.79 Å². The average Bonchev–Trinajstić information content (AvgIpc) is 3.54. The van der Waals surface area contributed by atoms with Gasteiger partial charge in [-0.1, -0.05) is 23.2 Å². The lowest BCUT2D eigenvalue weighted by molar-refractivity contribution is -0.134. The summed E-state index contributed by atoms with van der Waals surface area (Å²) in [6.07, 6.45) is 4.21. The number of nitrogens with zero attached hydrogens (tertiary/aromatic N) is 3. The van der Waals surface area contributed by atoms with Gasteiger partial charge in [0.15, 0.2) is 0 Å². The van der Waals surface area contributed by atoms with Crippen LogP contribution >= 0.6 is 23.2 Å². The number of piperidine rings is 1. The first kappa shape index (κ1) is 23.1. The Kier molecular flexibility index (Phi) is 7.04. The van der Waals surface area contributed by atoms with Crippen LogP contribution in [0.3, 0.4) is 0 Å². The highest BCUT2D eigenvalue weighted by Crippen LogP contribution is 2.53. The van der Waals surface area contributed by atoms with E-state index in [9.17, 15) is 15.0 Å². The molecular weight excluding hydrogens is 437 g/mol. The van der Waals surface area contributed by atoms with Gasteiger partial charge in [-0.15, -0.1) is 0 Å². The van der Waals surface area contributed by atoms with Gasteiger partial charge in [-0.05, 0) is 62.8 Å². The van der Waals surface area contributed by atoms with Crippen molar-refractivity contribution < 1.29 is 15.0 Å². The van der Waals surface area contributed by atoms with Gasteiger partial charge in [0, 0.05) is 44.3 Å². The zero-order chi connectivity index (χ0) is 22.2. The van der Waals surface area contributed by atoms with Crippen molar-refractivity contribution in [1.29, 1.82) is 0 Å². The fourth-order valence-electron chi connectivity index (χ4n) is 5.17. The molecule has 4 rings (SSSR count). The van der Waals surface area contributed by atoms with Crippen molar-refractivity contribution in [3.8, 4) is 0 Å². The highest BCUT2D eigenvalue weighted by atomic mass is 35.5. The molecule has 8 heteroatoms. The quantitative estimate of drug-likeness (QED) is 0.669. The molecule has 6 nitrogen and oxygen atoms in total. The predicted molar refractivity (Wildman–Crippen MR) is 124 cm³/mol. The van der Waals surface area contributed by atoms with Crippen LogP contribution in [0.5, 0.6) is 0 Å². The summed E-state index contributed by atoms with van der Waals surface area (Å²) in [6.45, 7) is 5.68. The number of amides is 1. The summed E-state index contributed by atoms with van der Waals surface area (Å²) in [4.78, 5) is 19.3. The van der Waals surface area contributed by atoms with Crippen LogP contribution in [0.25, 0.3) is 0 Å². The van der Waals surface area contributed by atoms with Crippen molar-refractivity contribution in [2.24, 2.45) is 5.41 Å². The van der Waals surface area contributed by atoms with Crippen LogP contribution < -0.4 is 4.90 Å². The molecule has 2 N–H and O–H groups in total. The minimum atomic E-state index is -0.242. The number of rotatable bonds is 6. The molecule has 3 fully saturated rings. The minimum Gasteiger partial charge on any atom is -0.394 e. The molecule has 31 heavy (non-hydrogen) atoms. The number of halogens is 2. The molecule has 1 spiro atoms. The second kappa shape index (κ2) is 9.44. The Hall–Kier alpha value is -1.05. The standard InChI is InChI=1S/C23H33Cl2N3O3/c1-16-13-28(22(31)5-10-27(16)17-2-3-19(24)20(25)12-17)18(15-29)4-9-26-11-8-23(6-7-23)21(30)14-26/h2-3,12,16,18,21,29-30H,4-11,13-15H2,1H3/t16?,18-,21+/m0/s1. The van der Waals surface area contributed by atoms with Crippen LogP contribution in [0.15, 0.2) is 18.2 Å². The molecule has 1 unspecified atom stereocenters. The number of benzene rings is 1. The summed E-state index contributed by atoms with van der Waals surface area (Å²) in [5.74, 6) is 0.0732. The fourth-order valence-corrected chi connectivity index (χ4v) is 5.46. The van der Waals surface area contributed by atoms with E-state index in [-0.39, 0.29) is 36.1 Å². The summed E-state index contributed by atoms with van der Waals surface area (Å²) in [7, 11) is 0. The lowest BCUT2D eigenvalue weighted by Crippen LogP contribution is -2.49. The Labute approximate surface area is 194 Å². The summed E-state index contributed by atoms with van der Waals surface area (Å²) >= 11 is 12.3. The molecule has 2 aliphatic heterocycles. The largest absolute Gasteiger partial charge is 0.394 e. The normalized spacial score (nSPS) is 27.5. The van der Waals surface area contributed by atoms with E-state index in [1.54, 1.807) is 6.07 Å². The fraction of sp³-hybridized carbons (Fsp3) is 0.696. The zero-order valence-electron chi connectivity index (χ0n) is 18.1. The molecule has 1 saturated carbocycles. The van der Waals surface area contributed by atoms with Gasteiger partial charge in [0.2, 0.25) is 5.91 Å². The lowest BCUT2D eigenvalue weighted by atomic mass is 9.90. The van der Waals surface area contributed by atoms with Gasteiger partial charge >= 0.3 is 0 Å². The summed E-state index contributed by atoms with van der Waals surface area (Å²) < 4.78 is 0. The molecule has 3 aliphatic rings. The number of aliphatic hydroxyl groups is 2. The van der Waals surface area contributed by atoms with Crippen LogP contribution in [0, 0.1) is 5.41 Å². The van der Waals surface area contributed by atoms with Gasteiger partial charge in [-0.2, -0.15) is 0 Å². The summed E-state index contributed by atoms with van der Waals surface area (Å²) in [5.41, 5.74) is 1.14. The van der Waals surface area contributed by atoms with Crippen LogP contribution in [0.2, 0.25) is 10.0 Å². The van der Waals surface area contributed by atoms with E-state index in [0.717, 1.165) is 38.0 Å². The molecule has 0 aromatic heterocycles. The molecule has 172 valence electrons. The molecule has 0 bridgehead atoms. The monoisotopic (exact) mass is 469 g/mol. The lowest BCUT2D eigenvalue weighted by Gasteiger charge is -2.38. The van der Waals surface area contributed by atoms with Crippen molar-refractivity contribution in [2.45, 2.75) is 57.2 Å². The number of anilines is 1. The topological polar surface area (TPSA) is 67.2 Å². The highest BCUT2D eigenvalue weighted by Gasteiger charge is 2.51. The van der Waals surface area contributed by atoms with Crippen LogP contribution in [0.4, 0.5) is 5.69 Å². The van der Waals surface area contributed by atoms with Crippen molar-refractivity contribution in [1.82, 2.24) is 9.80 Å². The molecule has 1 aromatic rings. The zero-order valence-corrected chi connectivity index (χ0v) is 19.7. The predicted octanol–water partition coefficient (Wildman–Crippen LogP) is 3.02. The van der Waals surface area contributed by atoms with Gasteiger partial charge < -0.3 is 24.9 Å². The smallest absolute Gasteiger partial charge is 0.224 e. The first-order chi connectivity index (χ1) is 14.8. The van der Waals surface area contributed by atoms with E-state index in [1.165, 1.54) is 0 Å². The Morgan fingerprint density at radius 2 is 1.94 bits per heavy atom. The molecule has 3 atom stereocenters. The van der Waals surface area contributed by atoms with Gasteiger partial charge in [-0.3, -0.25) is 4.79 Å². The molecule has 2 heterocycles. The summed E-state index contributed by atoms with van der Waals surface area (Å²) in [6, 6.07) is 5.44. The van der Waals surface area contributed by atoms with Gasteiger partial charge in [0.05, 0.1) is 28.8 Å². The maximum atomic E-state index is 12.9. The second-order valence-corrected chi connectivity index (χ2v) is 10.3. The van der Waals surface area contributed by atoms with E-state index >= 15 is 0 Å². The third-order valence-electron chi connectivity index (χ3n) is 7.50. The van der Waals surface area contributed by atoms with E-state index in [1.807, 2.05) is 17.0 Å². The van der Waals surface area contributed by atoms with Crippen molar-refractivity contribution in [3.63, 3.8) is 0 Å². The molecular formula is C23H33Cl2N3O3. The van der Waals surface area contributed by atoms with Crippen molar-refractivity contribution in [2.75, 3.05) is 44.2 Å². The Balaban J connectivity index is 1.38. The Morgan fingerprint density at radius 3 is 2.58 bits per heavy atom. The van der Waals surface area contributed by atoms with Gasteiger partial charge in [0.1, 0.15) is 0 Å². The Morgan fingerprint density at radius 1 is 1.16 bits per heavy atom. The van der Waals surface area contributed by atoms with E-state index in [4.69, 9.17) is 23.2 Å². The number of aliphatic hydroxyl groups excluding tert-OH is 2. The average molecular weight is 470 g/mol. The number of β-amino-alcohol motifs (C(OH)–C–C–N with tert-alkyl or cyclic N) is 1. The molecule has 0 radical (unpaired) electrons. The number of carbonyl (C=O) groups excluding carboxylic acids is 1. The number of likely N-dealkylation sites (tertiary alicyclic amines) is 1. The molecule has 1 amide bonds. The second-order valence-electron chi connectivity index (χ2n) is 9.49. The van der Waals surface area contributed by atoms with Crippen LogP contribution in [0.1, 0.15) is 39.0 Å². The third kappa shape index (κ3) is 4.98. The van der Waals surface area contributed by atoms with E-state index in [2.05, 4.69) is 16.7 Å². The van der Waals surface area contributed by atoms with E-state index in [0.29, 0.717) is 42.5 Å². The van der Waals surface area contributed by atoms with Crippen molar-refractivity contribution in [3.05, 3.63) is 28.2 Å². The van der Waals surface area contributed by atoms with Crippen LogP contribution in [-0.4, -0.2) is 83.4 Å². The van der Waals surface area contributed by atoms with Crippen molar-refractivity contribution >= 4 is 34.8 Å². The molecule has 1 aliphatic carbocycles. The van der Waals surface area contributed by atoms with Gasteiger partial charge in [0.25, 0.3) is 0 Å². The summed E-state index contributed by atoms with van der Waals surface area (Å²) in [5, 5.41) is 21.6. The number of hydrogen-bond donors (Lipinski definition) is 2. The van der Waals surface area contributed by atoms with E-state index < -0.39 is 0 Å². The first-order valence-electron chi connectivity index (χ1n) is 11.4. The maximum absolute atomic E-state index is 12.9. The number of carbonyl (C=O) groups is 1. The Bertz CT molecular complexity index is 804. The SMILES string of the molecule is CC1CN([C@H](CO)CCN2CCC3(CC3)[C@H](O)C2)C(=O)CCN1c1ccc(Cl)c(Cl)c1. The molecule has 2 saturated heterocycles. The highest BCUT2D eigenvalue weighted by molar-refractivity contribution is 6.42. The molecule has 1 aromatic carbocycles. The third-order valence-corrected chi connectivity index (χ3v) is 8.24.